The standard InChI is InChI=1S/C11H11BrF2N2O3/c1-2-15(4-3-12)11(17)8-5-7(13)6-9(10(8)14)16(18)19/h5-6H,2-4H2,1H3. The van der Waals surface area contributed by atoms with E-state index in [0.717, 1.165) is 0 Å². The second-order valence-electron chi connectivity index (χ2n) is 3.62. The number of alkyl halides is 1. The molecule has 0 N–H and O–H groups in total. The third-order valence-corrected chi connectivity index (χ3v) is 2.82. The molecule has 0 spiro atoms. The van der Waals surface area contributed by atoms with Gasteiger partial charge in [-0.2, -0.15) is 4.39 Å². The maximum absolute atomic E-state index is 13.8. The highest BCUT2D eigenvalue weighted by Crippen LogP contribution is 2.23. The van der Waals surface area contributed by atoms with E-state index in [4.69, 9.17) is 0 Å². The molecule has 104 valence electrons. The van der Waals surface area contributed by atoms with Crippen molar-refractivity contribution in [2.45, 2.75) is 6.92 Å². The Hall–Kier alpha value is -1.57. The van der Waals surface area contributed by atoms with E-state index in [1.807, 2.05) is 0 Å². The lowest BCUT2D eigenvalue weighted by Crippen LogP contribution is -2.33. The summed E-state index contributed by atoms with van der Waals surface area (Å²) in [5, 5.41) is 11.0. The van der Waals surface area contributed by atoms with Crippen molar-refractivity contribution in [1.29, 1.82) is 0 Å². The van der Waals surface area contributed by atoms with Crippen LogP contribution < -0.4 is 0 Å². The number of nitro benzene ring substituents is 1. The Bertz CT molecular complexity index is 511. The number of amides is 1. The summed E-state index contributed by atoms with van der Waals surface area (Å²) in [5.41, 5.74) is -1.67. The minimum absolute atomic E-state index is 0.286. The zero-order valence-corrected chi connectivity index (χ0v) is 11.6. The van der Waals surface area contributed by atoms with E-state index in [2.05, 4.69) is 15.9 Å². The van der Waals surface area contributed by atoms with Crippen LogP contribution in [-0.2, 0) is 0 Å². The van der Waals surface area contributed by atoms with Crippen LogP contribution in [0.15, 0.2) is 12.1 Å². The number of halogens is 3. The molecule has 0 fully saturated rings. The highest BCUT2D eigenvalue weighted by Gasteiger charge is 2.26. The highest BCUT2D eigenvalue weighted by molar-refractivity contribution is 9.09. The number of rotatable bonds is 5. The summed E-state index contributed by atoms with van der Waals surface area (Å²) in [6.07, 6.45) is 0. The molecule has 0 aliphatic rings. The Morgan fingerprint density at radius 3 is 2.58 bits per heavy atom. The third-order valence-electron chi connectivity index (χ3n) is 2.47. The molecule has 1 aromatic rings. The predicted octanol–water partition coefficient (Wildman–Crippen LogP) is 2.73. The van der Waals surface area contributed by atoms with E-state index >= 15 is 0 Å². The van der Waals surface area contributed by atoms with E-state index in [9.17, 15) is 23.7 Å². The molecule has 19 heavy (non-hydrogen) atoms. The van der Waals surface area contributed by atoms with E-state index in [1.54, 1.807) is 6.92 Å². The van der Waals surface area contributed by atoms with Gasteiger partial charge in [-0.25, -0.2) is 4.39 Å². The third kappa shape index (κ3) is 3.46. The number of hydrogen-bond donors (Lipinski definition) is 0. The van der Waals surface area contributed by atoms with Gasteiger partial charge in [0.2, 0.25) is 5.82 Å². The molecular weight excluding hydrogens is 326 g/mol. The van der Waals surface area contributed by atoms with Crippen LogP contribution in [0.3, 0.4) is 0 Å². The van der Waals surface area contributed by atoms with Crippen LogP contribution in [0.2, 0.25) is 0 Å². The first-order valence-electron chi connectivity index (χ1n) is 5.41. The second kappa shape index (κ2) is 6.55. The largest absolute Gasteiger partial charge is 0.338 e. The SMILES string of the molecule is CCN(CCBr)C(=O)c1cc(F)cc([N+](=O)[O-])c1F. The summed E-state index contributed by atoms with van der Waals surface area (Å²) in [7, 11) is 0. The average Bonchev–Trinajstić information content (AvgIpc) is 2.37. The Kier molecular flexibility index (Phi) is 5.34. The summed E-state index contributed by atoms with van der Waals surface area (Å²) >= 11 is 3.13. The van der Waals surface area contributed by atoms with Gasteiger partial charge in [0.25, 0.3) is 5.91 Å². The molecule has 0 aliphatic carbocycles. The quantitative estimate of drug-likeness (QED) is 0.471. The maximum Gasteiger partial charge on any atom is 0.308 e. The van der Waals surface area contributed by atoms with Gasteiger partial charge in [0.05, 0.1) is 16.6 Å². The van der Waals surface area contributed by atoms with Crippen LogP contribution >= 0.6 is 15.9 Å². The molecule has 5 nitrogen and oxygen atoms in total. The van der Waals surface area contributed by atoms with Gasteiger partial charge < -0.3 is 4.90 Å². The fraction of sp³-hybridized carbons (Fsp3) is 0.364. The van der Waals surface area contributed by atoms with Crippen molar-refractivity contribution >= 4 is 27.5 Å². The van der Waals surface area contributed by atoms with E-state index in [-0.39, 0.29) is 6.54 Å². The van der Waals surface area contributed by atoms with Crippen molar-refractivity contribution in [3.8, 4) is 0 Å². The molecule has 8 heteroatoms. The number of hydrogen-bond acceptors (Lipinski definition) is 3. The van der Waals surface area contributed by atoms with Gasteiger partial charge in [0, 0.05) is 18.4 Å². The summed E-state index contributed by atoms with van der Waals surface area (Å²) < 4.78 is 27.1. The molecular formula is C11H11BrF2N2O3. The van der Waals surface area contributed by atoms with Crippen molar-refractivity contribution in [2.75, 3.05) is 18.4 Å². The van der Waals surface area contributed by atoms with E-state index in [1.165, 1.54) is 4.90 Å². The summed E-state index contributed by atoms with van der Waals surface area (Å²) in [4.78, 5) is 22.8. The van der Waals surface area contributed by atoms with Gasteiger partial charge in [-0.05, 0) is 13.0 Å². The summed E-state index contributed by atoms with van der Waals surface area (Å²) in [6.45, 7) is 2.25. The minimum Gasteiger partial charge on any atom is -0.338 e. The Balaban J connectivity index is 3.26. The molecule has 0 radical (unpaired) electrons. The normalized spacial score (nSPS) is 10.3. The number of carbonyl (C=O) groups is 1. The smallest absolute Gasteiger partial charge is 0.308 e. The van der Waals surface area contributed by atoms with Crippen LogP contribution in [-0.4, -0.2) is 34.2 Å². The second-order valence-corrected chi connectivity index (χ2v) is 4.41. The maximum atomic E-state index is 13.8. The van der Waals surface area contributed by atoms with Gasteiger partial charge in [0.1, 0.15) is 5.82 Å². The molecule has 0 unspecified atom stereocenters. The molecule has 0 bridgehead atoms. The Morgan fingerprint density at radius 1 is 1.47 bits per heavy atom. The summed E-state index contributed by atoms with van der Waals surface area (Å²) in [6, 6.07) is 1.12. The Labute approximate surface area is 116 Å². The lowest BCUT2D eigenvalue weighted by molar-refractivity contribution is -0.387. The first-order valence-corrected chi connectivity index (χ1v) is 6.53. The summed E-state index contributed by atoms with van der Waals surface area (Å²) in [5.74, 6) is -3.11. The van der Waals surface area contributed by atoms with Crippen LogP contribution in [0.1, 0.15) is 17.3 Å². The molecule has 0 aliphatic heterocycles. The lowest BCUT2D eigenvalue weighted by atomic mass is 10.1. The molecule has 1 aromatic carbocycles. The highest BCUT2D eigenvalue weighted by atomic mass is 79.9. The zero-order valence-electron chi connectivity index (χ0n) is 10.0. The van der Waals surface area contributed by atoms with Crippen molar-refractivity contribution < 1.29 is 18.5 Å². The first kappa shape index (κ1) is 15.5. The lowest BCUT2D eigenvalue weighted by Gasteiger charge is -2.19. The van der Waals surface area contributed by atoms with Crippen molar-refractivity contribution in [1.82, 2.24) is 4.90 Å². The van der Waals surface area contributed by atoms with Gasteiger partial charge in [-0.3, -0.25) is 14.9 Å². The number of nitrogens with zero attached hydrogens (tertiary/aromatic N) is 2. The van der Waals surface area contributed by atoms with E-state index < -0.39 is 33.7 Å². The zero-order chi connectivity index (χ0) is 14.6. The van der Waals surface area contributed by atoms with E-state index in [0.29, 0.717) is 24.0 Å². The molecule has 1 rings (SSSR count). The van der Waals surface area contributed by atoms with Gasteiger partial charge in [-0.1, -0.05) is 15.9 Å². The number of nitro groups is 1. The molecule has 1 amide bonds. The van der Waals surface area contributed by atoms with Crippen LogP contribution in [0, 0.1) is 21.7 Å². The van der Waals surface area contributed by atoms with Gasteiger partial charge >= 0.3 is 5.69 Å². The van der Waals surface area contributed by atoms with Crippen molar-refractivity contribution in [3.63, 3.8) is 0 Å². The fourth-order valence-corrected chi connectivity index (χ4v) is 1.97. The topological polar surface area (TPSA) is 63.5 Å². The van der Waals surface area contributed by atoms with Crippen LogP contribution in [0.5, 0.6) is 0 Å². The number of benzene rings is 1. The fourth-order valence-electron chi connectivity index (χ4n) is 1.54. The first-order chi connectivity index (χ1) is 8.92. The Morgan fingerprint density at radius 2 is 2.11 bits per heavy atom. The van der Waals surface area contributed by atoms with Gasteiger partial charge in [0.15, 0.2) is 0 Å². The molecule has 0 saturated carbocycles. The predicted molar refractivity (Wildman–Crippen MR) is 68.4 cm³/mol. The molecule has 0 heterocycles. The van der Waals surface area contributed by atoms with Crippen molar-refractivity contribution in [3.05, 3.63) is 39.4 Å². The molecule has 0 atom stereocenters. The van der Waals surface area contributed by atoms with Crippen LogP contribution in [0.25, 0.3) is 0 Å². The minimum atomic E-state index is -1.32. The van der Waals surface area contributed by atoms with Crippen molar-refractivity contribution in [2.24, 2.45) is 0 Å². The number of carbonyl (C=O) groups excluding carboxylic acids is 1. The molecule has 0 aromatic heterocycles. The monoisotopic (exact) mass is 336 g/mol. The average molecular weight is 337 g/mol. The van der Waals surface area contributed by atoms with Gasteiger partial charge in [-0.15, -0.1) is 0 Å². The van der Waals surface area contributed by atoms with Crippen LogP contribution in [0.4, 0.5) is 14.5 Å². The molecule has 0 saturated heterocycles.